The lowest BCUT2D eigenvalue weighted by atomic mass is 9.84. The summed E-state index contributed by atoms with van der Waals surface area (Å²) in [6.45, 7) is 8.60. The highest BCUT2D eigenvalue weighted by Gasteiger charge is 2.24. The van der Waals surface area contributed by atoms with Crippen molar-refractivity contribution < 1.29 is 9.53 Å². The minimum Gasteiger partial charge on any atom is -0.381 e. The van der Waals surface area contributed by atoms with Gasteiger partial charge < -0.3 is 9.64 Å². The van der Waals surface area contributed by atoms with Crippen LogP contribution in [-0.4, -0.2) is 61.1 Å². The topological polar surface area (TPSA) is 32.8 Å². The van der Waals surface area contributed by atoms with E-state index in [4.69, 9.17) is 4.74 Å². The van der Waals surface area contributed by atoms with Gasteiger partial charge in [0, 0.05) is 45.8 Å². The molecule has 0 aromatic rings. The molecule has 1 atom stereocenters. The molecule has 0 bridgehead atoms. The second kappa shape index (κ2) is 12.8. The Kier molecular flexibility index (Phi) is 10.7. The Balaban J connectivity index is 1.55. The summed E-state index contributed by atoms with van der Waals surface area (Å²) in [6.07, 6.45) is 15.2. The van der Waals surface area contributed by atoms with Crippen molar-refractivity contribution in [2.75, 3.05) is 33.3 Å². The number of piperazine rings is 1. The Bertz CT molecular complexity index is 399. The van der Waals surface area contributed by atoms with Gasteiger partial charge in [-0.05, 0) is 57.8 Å². The van der Waals surface area contributed by atoms with E-state index in [1.807, 2.05) is 7.11 Å². The highest BCUT2D eigenvalue weighted by Crippen LogP contribution is 2.29. The molecule has 1 aliphatic carbocycles. The van der Waals surface area contributed by atoms with E-state index in [0.717, 1.165) is 44.9 Å². The van der Waals surface area contributed by atoms with E-state index in [0.29, 0.717) is 18.1 Å². The zero-order chi connectivity index (χ0) is 19.5. The Morgan fingerprint density at radius 1 is 1.00 bits per heavy atom. The molecule has 1 aliphatic heterocycles. The fourth-order valence-electron chi connectivity index (χ4n) is 4.82. The number of ether oxygens (including phenoxy) is 1. The molecule has 2 aliphatic rings. The molecular weight excluding hydrogens is 336 g/mol. The molecule has 0 aromatic heterocycles. The summed E-state index contributed by atoms with van der Waals surface area (Å²) < 4.78 is 5.45. The molecule has 0 aromatic carbocycles. The minimum atomic E-state index is 0.385. The van der Waals surface area contributed by atoms with Crippen LogP contribution in [0.15, 0.2) is 0 Å². The smallest absolute Gasteiger partial charge is 0.222 e. The van der Waals surface area contributed by atoms with E-state index in [-0.39, 0.29) is 0 Å². The van der Waals surface area contributed by atoms with Crippen LogP contribution in [0.1, 0.15) is 90.9 Å². The summed E-state index contributed by atoms with van der Waals surface area (Å²) in [5, 5.41) is 0. The number of nitrogens with zero attached hydrogens (tertiary/aromatic N) is 2. The van der Waals surface area contributed by atoms with Gasteiger partial charge in [0.05, 0.1) is 6.10 Å². The molecule has 0 radical (unpaired) electrons. The normalized spacial score (nSPS) is 25.5. The molecule has 0 spiro atoms. The molecule has 2 fully saturated rings. The van der Waals surface area contributed by atoms with Gasteiger partial charge in [-0.15, -0.1) is 0 Å². The maximum atomic E-state index is 12.5. The third-order valence-corrected chi connectivity index (χ3v) is 6.90. The third-order valence-electron chi connectivity index (χ3n) is 6.90. The Morgan fingerprint density at radius 3 is 2.33 bits per heavy atom. The third kappa shape index (κ3) is 8.11. The van der Waals surface area contributed by atoms with Crippen LogP contribution in [0.4, 0.5) is 0 Å². The number of hydrogen-bond acceptors (Lipinski definition) is 3. The molecule has 1 heterocycles. The van der Waals surface area contributed by atoms with Crippen LogP contribution < -0.4 is 0 Å². The monoisotopic (exact) mass is 380 g/mol. The standard InChI is InChI=1S/C23H44N2O2/c1-4-5-6-7-9-20(2)24-16-18-25(19-17-24)23(26)11-8-10-21-12-14-22(27-3)15-13-21/h20-22H,4-19H2,1-3H3. The number of hydrogen-bond donors (Lipinski definition) is 0. The first-order valence-electron chi connectivity index (χ1n) is 11.7. The van der Waals surface area contributed by atoms with Gasteiger partial charge in [-0.1, -0.05) is 32.6 Å². The van der Waals surface area contributed by atoms with Crippen molar-refractivity contribution >= 4 is 5.91 Å². The molecule has 1 saturated heterocycles. The Morgan fingerprint density at radius 2 is 1.70 bits per heavy atom. The average Bonchev–Trinajstić information content (AvgIpc) is 2.71. The molecule has 2 rings (SSSR count). The van der Waals surface area contributed by atoms with Crippen LogP contribution in [0.2, 0.25) is 0 Å². The predicted octanol–water partition coefficient (Wildman–Crippen LogP) is 4.87. The van der Waals surface area contributed by atoms with Crippen molar-refractivity contribution in [3.05, 3.63) is 0 Å². The van der Waals surface area contributed by atoms with Crippen LogP contribution in [0, 0.1) is 5.92 Å². The van der Waals surface area contributed by atoms with Crippen molar-refractivity contribution in [1.82, 2.24) is 9.80 Å². The van der Waals surface area contributed by atoms with Crippen molar-refractivity contribution in [3.8, 4) is 0 Å². The highest BCUT2D eigenvalue weighted by molar-refractivity contribution is 5.76. The van der Waals surface area contributed by atoms with Crippen LogP contribution in [0.5, 0.6) is 0 Å². The van der Waals surface area contributed by atoms with E-state index in [9.17, 15) is 4.79 Å². The maximum absolute atomic E-state index is 12.5. The van der Waals surface area contributed by atoms with Gasteiger partial charge >= 0.3 is 0 Å². The van der Waals surface area contributed by atoms with Gasteiger partial charge in [0.2, 0.25) is 5.91 Å². The van der Waals surface area contributed by atoms with Crippen molar-refractivity contribution in [2.24, 2.45) is 5.92 Å². The zero-order valence-corrected chi connectivity index (χ0v) is 18.3. The van der Waals surface area contributed by atoms with Gasteiger partial charge in [-0.3, -0.25) is 9.69 Å². The summed E-state index contributed by atoms with van der Waals surface area (Å²) in [5.41, 5.74) is 0. The maximum Gasteiger partial charge on any atom is 0.222 e. The van der Waals surface area contributed by atoms with Gasteiger partial charge in [0.25, 0.3) is 0 Å². The molecule has 27 heavy (non-hydrogen) atoms. The quantitative estimate of drug-likeness (QED) is 0.480. The van der Waals surface area contributed by atoms with Crippen LogP contribution >= 0.6 is 0 Å². The first-order valence-corrected chi connectivity index (χ1v) is 11.7. The summed E-state index contributed by atoms with van der Waals surface area (Å²) in [4.78, 5) is 17.2. The van der Waals surface area contributed by atoms with E-state index >= 15 is 0 Å². The Hall–Kier alpha value is -0.610. The van der Waals surface area contributed by atoms with Gasteiger partial charge in [-0.2, -0.15) is 0 Å². The van der Waals surface area contributed by atoms with Crippen molar-refractivity contribution in [3.63, 3.8) is 0 Å². The predicted molar refractivity (Wildman–Crippen MR) is 113 cm³/mol. The van der Waals surface area contributed by atoms with E-state index in [1.165, 1.54) is 64.2 Å². The minimum absolute atomic E-state index is 0.385. The van der Waals surface area contributed by atoms with E-state index in [1.54, 1.807) is 0 Å². The first kappa shape index (κ1) is 22.7. The molecule has 0 N–H and O–H groups in total. The Labute approximate surface area is 168 Å². The molecule has 1 saturated carbocycles. The van der Waals surface area contributed by atoms with Gasteiger partial charge in [0.1, 0.15) is 0 Å². The van der Waals surface area contributed by atoms with Crippen LogP contribution in [-0.2, 0) is 9.53 Å². The molecule has 1 amide bonds. The van der Waals surface area contributed by atoms with Gasteiger partial charge in [0.15, 0.2) is 0 Å². The fourth-order valence-corrected chi connectivity index (χ4v) is 4.82. The van der Waals surface area contributed by atoms with Crippen LogP contribution in [0.3, 0.4) is 0 Å². The molecule has 1 unspecified atom stereocenters. The number of methoxy groups -OCH3 is 1. The number of carbonyl (C=O) groups excluding carboxylic acids is 1. The van der Waals surface area contributed by atoms with E-state index < -0.39 is 0 Å². The summed E-state index contributed by atoms with van der Waals surface area (Å²) in [5.74, 6) is 1.20. The lowest BCUT2D eigenvalue weighted by Crippen LogP contribution is -2.51. The number of carbonyl (C=O) groups is 1. The fraction of sp³-hybridized carbons (Fsp3) is 0.957. The molecular formula is C23H44N2O2. The van der Waals surface area contributed by atoms with Gasteiger partial charge in [-0.25, -0.2) is 0 Å². The van der Waals surface area contributed by atoms with E-state index in [2.05, 4.69) is 23.6 Å². The summed E-state index contributed by atoms with van der Waals surface area (Å²) >= 11 is 0. The molecule has 4 heteroatoms. The van der Waals surface area contributed by atoms with Crippen LogP contribution in [0.25, 0.3) is 0 Å². The summed E-state index contributed by atoms with van der Waals surface area (Å²) in [7, 11) is 1.83. The largest absolute Gasteiger partial charge is 0.381 e. The molecule has 158 valence electrons. The average molecular weight is 381 g/mol. The second-order valence-corrected chi connectivity index (χ2v) is 8.89. The number of rotatable bonds is 11. The first-order chi connectivity index (χ1) is 13.1. The highest BCUT2D eigenvalue weighted by atomic mass is 16.5. The van der Waals surface area contributed by atoms with Crippen molar-refractivity contribution in [2.45, 2.75) is 103 Å². The lowest BCUT2D eigenvalue weighted by Gasteiger charge is -2.38. The summed E-state index contributed by atoms with van der Waals surface area (Å²) in [6, 6.07) is 0.668. The number of unbranched alkanes of at least 4 members (excludes halogenated alkanes) is 3. The number of amides is 1. The second-order valence-electron chi connectivity index (χ2n) is 8.89. The molecule has 4 nitrogen and oxygen atoms in total. The SMILES string of the molecule is CCCCCCC(C)N1CCN(C(=O)CCCC2CCC(OC)CC2)CC1. The van der Waals surface area contributed by atoms with Crippen molar-refractivity contribution in [1.29, 1.82) is 0 Å². The zero-order valence-electron chi connectivity index (χ0n) is 18.3. The lowest BCUT2D eigenvalue weighted by molar-refractivity contribution is -0.133.